The molecule has 0 saturated heterocycles. The first-order valence-corrected chi connectivity index (χ1v) is 7.31. The van der Waals surface area contributed by atoms with Gasteiger partial charge < -0.3 is 4.90 Å². The van der Waals surface area contributed by atoms with Crippen LogP contribution in [0.3, 0.4) is 0 Å². The summed E-state index contributed by atoms with van der Waals surface area (Å²) in [6.07, 6.45) is 1.05. The Labute approximate surface area is 117 Å². The Morgan fingerprint density at radius 2 is 1.58 bits per heavy atom. The number of nitrogens with zero attached hydrogens (tertiary/aromatic N) is 1. The van der Waals surface area contributed by atoms with E-state index in [0.29, 0.717) is 5.92 Å². The molecule has 2 nitrogen and oxygen atoms in total. The summed E-state index contributed by atoms with van der Waals surface area (Å²) in [5.74, 6) is 0.572. The van der Waals surface area contributed by atoms with Gasteiger partial charge >= 0.3 is 0 Å². The van der Waals surface area contributed by atoms with Gasteiger partial charge in [-0.25, -0.2) is 0 Å². The highest BCUT2D eigenvalue weighted by atomic mass is 16.2. The Balaban J connectivity index is 3.18. The van der Waals surface area contributed by atoms with Crippen LogP contribution >= 0.6 is 0 Å². The fourth-order valence-electron chi connectivity index (χ4n) is 2.55. The molecule has 106 valence electrons. The first-order valence-electron chi connectivity index (χ1n) is 7.31. The summed E-state index contributed by atoms with van der Waals surface area (Å²) >= 11 is 0. The third-order valence-corrected chi connectivity index (χ3v) is 3.68. The molecule has 1 rings (SSSR count). The number of amides is 1. The minimum Gasteiger partial charge on any atom is -0.334 e. The van der Waals surface area contributed by atoms with E-state index in [0.717, 1.165) is 12.0 Å². The average molecular weight is 261 g/mol. The molecule has 1 aromatic rings. The van der Waals surface area contributed by atoms with Gasteiger partial charge in [-0.05, 0) is 51.7 Å². The van der Waals surface area contributed by atoms with Crippen molar-refractivity contribution in [3.05, 3.63) is 35.4 Å². The molecule has 0 unspecified atom stereocenters. The number of benzene rings is 1. The zero-order valence-corrected chi connectivity index (χ0v) is 13.1. The molecule has 0 aromatic heterocycles. The maximum Gasteiger partial charge on any atom is 0.254 e. The van der Waals surface area contributed by atoms with Crippen LogP contribution in [0.25, 0.3) is 0 Å². The Hall–Kier alpha value is -1.31. The predicted octanol–water partition coefficient (Wildman–Crippen LogP) is 4.46. The maximum atomic E-state index is 12.8. The third-order valence-electron chi connectivity index (χ3n) is 3.68. The number of hydrogen-bond acceptors (Lipinski definition) is 1. The molecule has 1 aromatic carbocycles. The standard InChI is InChI=1S/C17H27NO/c1-7-14(6)15-10-8-9-11-16(15)17(19)18(12(2)3)13(4)5/h8-14H,7H2,1-6H3/t14-/m0/s1. The van der Waals surface area contributed by atoms with Gasteiger partial charge in [0.15, 0.2) is 0 Å². The Kier molecular flexibility index (Phi) is 5.59. The van der Waals surface area contributed by atoms with E-state index in [-0.39, 0.29) is 18.0 Å². The van der Waals surface area contributed by atoms with Gasteiger partial charge in [0.1, 0.15) is 0 Å². The van der Waals surface area contributed by atoms with Gasteiger partial charge in [0.25, 0.3) is 5.91 Å². The first kappa shape index (κ1) is 15.7. The van der Waals surface area contributed by atoms with Crippen LogP contribution in [0.1, 0.15) is 69.8 Å². The minimum atomic E-state index is 0.154. The highest BCUT2D eigenvalue weighted by Crippen LogP contribution is 2.24. The summed E-state index contributed by atoms with van der Waals surface area (Å²) in [5, 5.41) is 0. The molecule has 0 aliphatic carbocycles. The van der Waals surface area contributed by atoms with Gasteiger partial charge in [-0.1, -0.05) is 32.0 Å². The second-order valence-electron chi connectivity index (χ2n) is 5.80. The van der Waals surface area contributed by atoms with E-state index in [1.54, 1.807) is 0 Å². The molecule has 0 aliphatic heterocycles. The molecule has 1 amide bonds. The van der Waals surface area contributed by atoms with Crippen LogP contribution in [0.2, 0.25) is 0 Å². The van der Waals surface area contributed by atoms with Gasteiger partial charge in [0, 0.05) is 17.6 Å². The van der Waals surface area contributed by atoms with E-state index in [1.807, 2.05) is 23.1 Å². The lowest BCUT2D eigenvalue weighted by Gasteiger charge is -2.32. The zero-order chi connectivity index (χ0) is 14.6. The van der Waals surface area contributed by atoms with Crippen molar-refractivity contribution in [3.8, 4) is 0 Å². The summed E-state index contributed by atoms with van der Waals surface area (Å²) < 4.78 is 0. The van der Waals surface area contributed by atoms with Crippen LogP contribution in [-0.2, 0) is 0 Å². The fraction of sp³-hybridized carbons (Fsp3) is 0.588. The smallest absolute Gasteiger partial charge is 0.254 e. The number of carbonyl (C=O) groups excluding carboxylic acids is 1. The molecule has 2 heteroatoms. The normalized spacial score (nSPS) is 12.8. The van der Waals surface area contributed by atoms with Crippen LogP contribution < -0.4 is 0 Å². The molecule has 0 fully saturated rings. The molecule has 0 spiro atoms. The fourth-order valence-corrected chi connectivity index (χ4v) is 2.55. The topological polar surface area (TPSA) is 20.3 Å². The third kappa shape index (κ3) is 3.59. The predicted molar refractivity (Wildman–Crippen MR) is 81.6 cm³/mol. The molecule has 0 radical (unpaired) electrons. The largest absolute Gasteiger partial charge is 0.334 e. The van der Waals surface area contributed by atoms with Crippen molar-refractivity contribution in [1.29, 1.82) is 0 Å². The van der Waals surface area contributed by atoms with E-state index >= 15 is 0 Å². The van der Waals surface area contributed by atoms with Gasteiger partial charge in [-0.2, -0.15) is 0 Å². The molecule has 0 bridgehead atoms. The van der Waals surface area contributed by atoms with Crippen molar-refractivity contribution in [3.63, 3.8) is 0 Å². The minimum absolute atomic E-state index is 0.154. The maximum absolute atomic E-state index is 12.8. The van der Waals surface area contributed by atoms with Gasteiger partial charge in [-0.15, -0.1) is 0 Å². The van der Waals surface area contributed by atoms with E-state index < -0.39 is 0 Å². The molecule has 19 heavy (non-hydrogen) atoms. The monoisotopic (exact) mass is 261 g/mol. The second kappa shape index (κ2) is 6.74. The van der Waals surface area contributed by atoms with Crippen molar-refractivity contribution in [1.82, 2.24) is 4.90 Å². The Bertz CT molecular complexity index is 415. The number of carbonyl (C=O) groups is 1. The van der Waals surface area contributed by atoms with E-state index in [9.17, 15) is 4.79 Å². The first-order chi connectivity index (χ1) is 8.90. The highest BCUT2D eigenvalue weighted by molar-refractivity contribution is 5.96. The van der Waals surface area contributed by atoms with E-state index in [2.05, 4.69) is 47.6 Å². The second-order valence-corrected chi connectivity index (χ2v) is 5.80. The molecule has 0 aliphatic rings. The SMILES string of the molecule is CC[C@H](C)c1ccccc1C(=O)N(C(C)C)C(C)C. The van der Waals surface area contributed by atoms with Crippen molar-refractivity contribution in [2.24, 2.45) is 0 Å². The van der Waals surface area contributed by atoms with Crippen molar-refractivity contribution in [2.45, 2.75) is 66.0 Å². The van der Waals surface area contributed by atoms with E-state index in [4.69, 9.17) is 0 Å². The van der Waals surface area contributed by atoms with Crippen molar-refractivity contribution in [2.75, 3.05) is 0 Å². The lowest BCUT2D eigenvalue weighted by atomic mass is 9.92. The highest BCUT2D eigenvalue weighted by Gasteiger charge is 2.24. The van der Waals surface area contributed by atoms with E-state index in [1.165, 1.54) is 5.56 Å². The average Bonchev–Trinajstić information content (AvgIpc) is 2.36. The molecular formula is C17H27NO. The van der Waals surface area contributed by atoms with Crippen LogP contribution in [0.5, 0.6) is 0 Å². The summed E-state index contributed by atoms with van der Waals surface area (Å²) in [6.45, 7) is 12.6. The Morgan fingerprint density at radius 1 is 1.05 bits per heavy atom. The van der Waals surface area contributed by atoms with Crippen LogP contribution in [-0.4, -0.2) is 22.9 Å². The molecule has 0 saturated carbocycles. The number of hydrogen-bond donors (Lipinski definition) is 0. The lowest BCUT2D eigenvalue weighted by molar-refractivity contribution is 0.0642. The van der Waals surface area contributed by atoms with Crippen molar-refractivity contribution >= 4 is 5.91 Å². The quantitative estimate of drug-likeness (QED) is 0.766. The van der Waals surface area contributed by atoms with Crippen LogP contribution in [0.4, 0.5) is 0 Å². The molecule has 1 atom stereocenters. The summed E-state index contributed by atoms with van der Waals surface area (Å²) in [4.78, 5) is 14.8. The van der Waals surface area contributed by atoms with Gasteiger partial charge in [0.05, 0.1) is 0 Å². The zero-order valence-electron chi connectivity index (χ0n) is 13.1. The summed E-state index contributed by atoms with van der Waals surface area (Å²) in [5.41, 5.74) is 2.03. The van der Waals surface area contributed by atoms with Crippen LogP contribution in [0, 0.1) is 0 Å². The molecule has 0 N–H and O–H groups in total. The lowest BCUT2D eigenvalue weighted by Crippen LogP contribution is -2.42. The molecule has 0 heterocycles. The van der Waals surface area contributed by atoms with Crippen LogP contribution in [0.15, 0.2) is 24.3 Å². The summed E-state index contributed by atoms with van der Waals surface area (Å²) in [6, 6.07) is 8.46. The van der Waals surface area contributed by atoms with Gasteiger partial charge in [0.2, 0.25) is 0 Å². The van der Waals surface area contributed by atoms with Crippen molar-refractivity contribution < 1.29 is 4.79 Å². The number of rotatable bonds is 5. The Morgan fingerprint density at radius 3 is 2.05 bits per heavy atom. The molecular weight excluding hydrogens is 234 g/mol. The summed E-state index contributed by atoms with van der Waals surface area (Å²) in [7, 11) is 0. The van der Waals surface area contributed by atoms with Gasteiger partial charge in [-0.3, -0.25) is 4.79 Å².